The van der Waals surface area contributed by atoms with Crippen LogP contribution in [0.4, 0.5) is 5.82 Å². The Hall–Kier alpha value is -1.92. The van der Waals surface area contributed by atoms with Crippen LogP contribution in [0.3, 0.4) is 0 Å². The van der Waals surface area contributed by atoms with Crippen LogP contribution in [0.25, 0.3) is 0 Å². The predicted octanol–water partition coefficient (Wildman–Crippen LogP) is 0.718. The minimum atomic E-state index is -0.424. The molecule has 1 unspecified atom stereocenters. The number of hydrogen-bond acceptors (Lipinski definition) is 5. The average Bonchev–Trinajstić information content (AvgIpc) is 2.75. The highest BCUT2D eigenvalue weighted by Crippen LogP contribution is 2.19. The van der Waals surface area contributed by atoms with Gasteiger partial charge in [0.25, 0.3) is 0 Å². The van der Waals surface area contributed by atoms with Crippen LogP contribution in [0.5, 0.6) is 0 Å². The molecule has 1 aliphatic heterocycles. The van der Waals surface area contributed by atoms with Gasteiger partial charge < -0.3 is 10.2 Å². The molecule has 1 fully saturated rings. The standard InChI is InChI=1S/C11H16N4O3/c1-7-10(14-18-13-7)12-11(17)9-5-3-4-6-15(9)8(2)16/h9H,3-6H2,1-2H3,(H,12,14,17). The van der Waals surface area contributed by atoms with E-state index in [0.29, 0.717) is 24.5 Å². The van der Waals surface area contributed by atoms with Crippen molar-refractivity contribution in [3.05, 3.63) is 5.69 Å². The van der Waals surface area contributed by atoms with Crippen molar-refractivity contribution >= 4 is 17.6 Å². The van der Waals surface area contributed by atoms with Crippen LogP contribution in [0, 0.1) is 6.92 Å². The van der Waals surface area contributed by atoms with Crippen molar-refractivity contribution in [3.8, 4) is 0 Å². The zero-order valence-corrected chi connectivity index (χ0v) is 10.5. The fraction of sp³-hybridized carbons (Fsp3) is 0.636. The molecule has 1 atom stereocenters. The van der Waals surface area contributed by atoms with Gasteiger partial charge in [0.15, 0.2) is 5.82 Å². The van der Waals surface area contributed by atoms with Crippen molar-refractivity contribution in [2.45, 2.75) is 39.2 Å². The monoisotopic (exact) mass is 252 g/mol. The van der Waals surface area contributed by atoms with Gasteiger partial charge in [-0.2, -0.15) is 0 Å². The van der Waals surface area contributed by atoms with Gasteiger partial charge in [-0.15, -0.1) is 0 Å². The third-order valence-corrected chi connectivity index (χ3v) is 3.10. The molecule has 2 heterocycles. The predicted molar refractivity (Wildman–Crippen MR) is 62.7 cm³/mol. The van der Waals surface area contributed by atoms with Crippen molar-refractivity contribution in [2.75, 3.05) is 11.9 Å². The van der Waals surface area contributed by atoms with E-state index >= 15 is 0 Å². The second kappa shape index (κ2) is 5.16. The lowest BCUT2D eigenvalue weighted by atomic mass is 10.0. The maximum atomic E-state index is 12.1. The zero-order valence-electron chi connectivity index (χ0n) is 10.5. The average molecular weight is 252 g/mol. The molecule has 0 aliphatic carbocycles. The van der Waals surface area contributed by atoms with E-state index in [1.165, 1.54) is 6.92 Å². The summed E-state index contributed by atoms with van der Waals surface area (Å²) < 4.78 is 4.51. The topological polar surface area (TPSA) is 88.3 Å². The molecule has 0 radical (unpaired) electrons. The Kier molecular flexibility index (Phi) is 3.59. The summed E-state index contributed by atoms with van der Waals surface area (Å²) in [6.45, 7) is 3.80. The first-order valence-electron chi connectivity index (χ1n) is 5.97. The van der Waals surface area contributed by atoms with Gasteiger partial charge in [-0.3, -0.25) is 9.59 Å². The molecule has 1 aliphatic rings. The molecule has 2 amide bonds. The van der Waals surface area contributed by atoms with Gasteiger partial charge in [-0.1, -0.05) is 5.16 Å². The summed E-state index contributed by atoms with van der Waals surface area (Å²) in [5.74, 6) is 0.00243. The summed E-state index contributed by atoms with van der Waals surface area (Å²) in [6, 6.07) is -0.424. The molecule has 0 bridgehead atoms. The molecule has 7 nitrogen and oxygen atoms in total. The number of carbonyl (C=O) groups is 2. The van der Waals surface area contributed by atoms with Gasteiger partial charge in [0, 0.05) is 13.5 Å². The van der Waals surface area contributed by atoms with Gasteiger partial charge in [-0.05, 0) is 31.3 Å². The Morgan fingerprint density at radius 2 is 2.17 bits per heavy atom. The van der Waals surface area contributed by atoms with Crippen molar-refractivity contribution in [2.24, 2.45) is 0 Å². The van der Waals surface area contributed by atoms with Crippen LogP contribution in [-0.4, -0.2) is 39.6 Å². The Labute approximate surface area is 104 Å². The summed E-state index contributed by atoms with van der Waals surface area (Å²) in [5, 5.41) is 9.83. The number of nitrogens with one attached hydrogen (secondary N) is 1. The van der Waals surface area contributed by atoms with Crippen molar-refractivity contribution in [1.82, 2.24) is 15.2 Å². The van der Waals surface area contributed by atoms with Crippen LogP contribution in [-0.2, 0) is 9.59 Å². The first kappa shape index (κ1) is 12.5. The van der Waals surface area contributed by atoms with Crippen LogP contribution in [0.2, 0.25) is 0 Å². The smallest absolute Gasteiger partial charge is 0.248 e. The van der Waals surface area contributed by atoms with E-state index in [-0.39, 0.29) is 11.8 Å². The molecular formula is C11H16N4O3. The first-order chi connectivity index (χ1) is 8.59. The summed E-state index contributed by atoms with van der Waals surface area (Å²) in [4.78, 5) is 25.2. The number of piperidine rings is 1. The fourth-order valence-corrected chi connectivity index (χ4v) is 2.13. The van der Waals surface area contributed by atoms with Crippen LogP contribution in [0.1, 0.15) is 31.9 Å². The van der Waals surface area contributed by atoms with Crippen molar-refractivity contribution in [1.29, 1.82) is 0 Å². The molecule has 0 aromatic carbocycles. The SMILES string of the molecule is CC(=O)N1CCCCC1C(=O)Nc1nonc1C. The lowest BCUT2D eigenvalue weighted by Gasteiger charge is -2.33. The van der Waals surface area contributed by atoms with Crippen LogP contribution in [0.15, 0.2) is 4.63 Å². The Bertz CT molecular complexity index is 457. The molecule has 7 heteroatoms. The Balaban J connectivity index is 2.07. The number of aryl methyl sites for hydroxylation is 1. The minimum absolute atomic E-state index is 0.0788. The van der Waals surface area contributed by atoms with E-state index in [2.05, 4.69) is 20.3 Å². The van der Waals surface area contributed by atoms with E-state index in [0.717, 1.165) is 12.8 Å². The second-order valence-electron chi connectivity index (χ2n) is 4.41. The third-order valence-electron chi connectivity index (χ3n) is 3.10. The molecule has 1 saturated heterocycles. The largest absolute Gasteiger partial charge is 0.331 e. The second-order valence-corrected chi connectivity index (χ2v) is 4.41. The van der Waals surface area contributed by atoms with Gasteiger partial charge >= 0.3 is 0 Å². The lowest BCUT2D eigenvalue weighted by Crippen LogP contribution is -2.49. The molecule has 1 aromatic heterocycles. The lowest BCUT2D eigenvalue weighted by molar-refractivity contribution is -0.138. The number of anilines is 1. The summed E-state index contributed by atoms with van der Waals surface area (Å²) >= 11 is 0. The Morgan fingerprint density at radius 1 is 1.39 bits per heavy atom. The third kappa shape index (κ3) is 2.49. The number of carbonyl (C=O) groups excluding carboxylic acids is 2. The molecule has 18 heavy (non-hydrogen) atoms. The molecule has 0 saturated carbocycles. The van der Waals surface area contributed by atoms with E-state index in [1.807, 2.05) is 0 Å². The fourth-order valence-electron chi connectivity index (χ4n) is 2.13. The zero-order chi connectivity index (χ0) is 13.1. The first-order valence-corrected chi connectivity index (χ1v) is 5.97. The maximum Gasteiger partial charge on any atom is 0.248 e. The van der Waals surface area contributed by atoms with Crippen LogP contribution < -0.4 is 5.32 Å². The number of likely N-dealkylation sites (tertiary alicyclic amines) is 1. The molecule has 98 valence electrons. The van der Waals surface area contributed by atoms with Crippen LogP contribution >= 0.6 is 0 Å². The Morgan fingerprint density at radius 3 is 2.78 bits per heavy atom. The molecule has 1 aromatic rings. The summed E-state index contributed by atoms with van der Waals surface area (Å²) in [5.41, 5.74) is 0.522. The minimum Gasteiger partial charge on any atom is -0.331 e. The van der Waals surface area contributed by atoms with E-state index in [4.69, 9.17) is 0 Å². The highest BCUT2D eigenvalue weighted by molar-refractivity contribution is 5.96. The number of amides is 2. The summed E-state index contributed by atoms with van der Waals surface area (Å²) in [7, 11) is 0. The maximum absolute atomic E-state index is 12.1. The van der Waals surface area contributed by atoms with E-state index in [1.54, 1.807) is 11.8 Å². The highest BCUT2D eigenvalue weighted by Gasteiger charge is 2.31. The van der Waals surface area contributed by atoms with Gasteiger partial charge in [0.2, 0.25) is 11.8 Å². The quantitative estimate of drug-likeness (QED) is 0.837. The molecule has 1 N–H and O–H groups in total. The van der Waals surface area contributed by atoms with E-state index < -0.39 is 6.04 Å². The van der Waals surface area contributed by atoms with Gasteiger partial charge in [0.1, 0.15) is 11.7 Å². The number of hydrogen-bond donors (Lipinski definition) is 1. The number of rotatable bonds is 2. The summed E-state index contributed by atoms with van der Waals surface area (Å²) in [6.07, 6.45) is 2.56. The number of aromatic nitrogens is 2. The molecular weight excluding hydrogens is 236 g/mol. The van der Waals surface area contributed by atoms with Crippen molar-refractivity contribution in [3.63, 3.8) is 0 Å². The number of nitrogens with zero attached hydrogens (tertiary/aromatic N) is 3. The molecule has 0 spiro atoms. The van der Waals surface area contributed by atoms with Gasteiger partial charge in [-0.25, -0.2) is 4.63 Å². The normalized spacial score (nSPS) is 19.7. The van der Waals surface area contributed by atoms with Gasteiger partial charge in [0.05, 0.1) is 0 Å². The van der Waals surface area contributed by atoms with E-state index in [9.17, 15) is 9.59 Å². The highest BCUT2D eigenvalue weighted by atomic mass is 16.6. The molecule has 2 rings (SSSR count). The van der Waals surface area contributed by atoms with Crippen molar-refractivity contribution < 1.29 is 14.2 Å².